The number of para-hydroxylation sites is 2. The Morgan fingerprint density at radius 2 is 1.50 bits per heavy atom. The van der Waals surface area contributed by atoms with E-state index in [4.69, 9.17) is 5.41 Å². The third-order valence-corrected chi connectivity index (χ3v) is 4.27. The molecule has 22 heavy (non-hydrogen) atoms. The molecule has 0 bridgehead atoms. The van der Waals surface area contributed by atoms with E-state index in [-0.39, 0.29) is 5.41 Å². The molecule has 3 aromatic rings. The predicted octanol–water partition coefficient (Wildman–Crippen LogP) is 3.81. The predicted molar refractivity (Wildman–Crippen MR) is 91.0 cm³/mol. The molecule has 3 rings (SSSR count). The molecule has 3 heteroatoms. The SMILES string of the molecule is Cn1c(=N)n(Cc2ccc(C(C)(C)C)cc2)c2ccccc21. The van der Waals surface area contributed by atoms with Gasteiger partial charge in [0.15, 0.2) is 0 Å². The summed E-state index contributed by atoms with van der Waals surface area (Å²) >= 11 is 0. The van der Waals surface area contributed by atoms with Gasteiger partial charge in [-0.3, -0.25) is 5.41 Å². The van der Waals surface area contributed by atoms with E-state index in [0.29, 0.717) is 5.62 Å². The average molecular weight is 293 g/mol. The summed E-state index contributed by atoms with van der Waals surface area (Å²) in [5, 5.41) is 8.34. The second kappa shape index (κ2) is 5.16. The Balaban J connectivity index is 2.01. The fourth-order valence-electron chi connectivity index (χ4n) is 2.84. The summed E-state index contributed by atoms with van der Waals surface area (Å²) in [6.07, 6.45) is 0. The molecule has 0 unspecified atom stereocenters. The standard InChI is InChI=1S/C19H23N3/c1-19(2,3)15-11-9-14(10-12-15)13-22-17-8-6-5-7-16(17)21(4)18(22)20/h5-12,20H,13H2,1-4H3. The molecule has 1 aromatic heterocycles. The average Bonchev–Trinajstić information content (AvgIpc) is 2.73. The summed E-state index contributed by atoms with van der Waals surface area (Å²) in [6.45, 7) is 7.40. The number of fused-ring (bicyclic) bond motifs is 1. The Kier molecular flexibility index (Phi) is 3.44. The first-order valence-corrected chi connectivity index (χ1v) is 7.66. The van der Waals surface area contributed by atoms with Gasteiger partial charge in [0, 0.05) is 7.05 Å². The second-order valence-corrected chi connectivity index (χ2v) is 6.90. The van der Waals surface area contributed by atoms with Crippen LogP contribution < -0.4 is 5.62 Å². The molecule has 0 radical (unpaired) electrons. The zero-order valence-corrected chi connectivity index (χ0v) is 13.7. The molecule has 1 heterocycles. The first kappa shape index (κ1) is 14.6. The van der Waals surface area contributed by atoms with Crippen LogP contribution >= 0.6 is 0 Å². The van der Waals surface area contributed by atoms with Crippen LogP contribution in [0.3, 0.4) is 0 Å². The van der Waals surface area contributed by atoms with Crippen molar-refractivity contribution in [2.24, 2.45) is 7.05 Å². The highest BCUT2D eigenvalue weighted by atomic mass is 15.2. The van der Waals surface area contributed by atoms with Crippen LogP contribution in [0.25, 0.3) is 11.0 Å². The molecule has 0 aliphatic carbocycles. The summed E-state index contributed by atoms with van der Waals surface area (Å²) in [6, 6.07) is 16.9. The first-order chi connectivity index (χ1) is 10.4. The number of nitrogens with one attached hydrogen (secondary N) is 1. The summed E-state index contributed by atoms with van der Waals surface area (Å²) in [5.74, 6) is 0. The van der Waals surface area contributed by atoms with Crippen LogP contribution in [0.15, 0.2) is 48.5 Å². The lowest BCUT2D eigenvalue weighted by molar-refractivity contribution is 0.589. The van der Waals surface area contributed by atoms with Gasteiger partial charge in [-0.1, -0.05) is 57.2 Å². The molecule has 114 valence electrons. The molecule has 0 spiro atoms. The van der Waals surface area contributed by atoms with Gasteiger partial charge in [0.05, 0.1) is 17.6 Å². The Hall–Kier alpha value is -2.29. The van der Waals surface area contributed by atoms with Crippen molar-refractivity contribution < 1.29 is 0 Å². The van der Waals surface area contributed by atoms with E-state index in [1.807, 2.05) is 23.7 Å². The number of aryl methyl sites for hydroxylation is 1. The van der Waals surface area contributed by atoms with Crippen LogP contribution in [0, 0.1) is 5.41 Å². The van der Waals surface area contributed by atoms with E-state index in [1.54, 1.807) is 0 Å². The zero-order valence-electron chi connectivity index (χ0n) is 13.7. The highest BCUT2D eigenvalue weighted by molar-refractivity contribution is 5.75. The maximum absolute atomic E-state index is 8.34. The lowest BCUT2D eigenvalue weighted by Gasteiger charge is -2.19. The minimum atomic E-state index is 0.172. The lowest BCUT2D eigenvalue weighted by Crippen LogP contribution is -2.23. The summed E-state index contributed by atoms with van der Waals surface area (Å²) in [5.41, 5.74) is 5.47. The number of hydrogen-bond acceptors (Lipinski definition) is 1. The van der Waals surface area contributed by atoms with Crippen molar-refractivity contribution in [2.45, 2.75) is 32.7 Å². The van der Waals surface area contributed by atoms with Gasteiger partial charge in [0.1, 0.15) is 0 Å². The largest absolute Gasteiger partial charge is 0.313 e. The van der Waals surface area contributed by atoms with Crippen LogP contribution in [0.4, 0.5) is 0 Å². The minimum Gasteiger partial charge on any atom is -0.313 e. The van der Waals surface area contributed by atoms with Gasteiger partial charge in [-0.25, -0.2) is 0 Å². The van der Waals surface area contributed by atoms with Gasteiger partial charge in [-0.05, 0) is 28.7 Å². The van der Waals surface area contributed by atoms with Crippen molar-refractivity contribution >= 4 is 11.0 Å². The van der Waals surface area contributed by atoms with E-state index in [9.17, 15) is 0 Å². The van der Waals surface area contributed by atoms with Crippen molar-refractivity contribution in [3.63, 3.8) is 0 Å². The molecule has 0 saturated heterocycles. The monoisotopic (exact) mass is 293 g/mol. The number of benzene rings is 2. The van der Waals surface area contributed by atoms with E-state index in [1.165, 1.54) is 11.1 Å². The summed E-state index contributed by atoms with van der Waals surface area (Å²) < 4.78 is 3.99. The molecular weight excluding hydrogens is 270 g/mol. The van der Waals surface area contributed by atoms with Crippen molar-refractivity contribution in [3.05, 3.63) is 65.3 Å². The number of rotatable bonds is 2. The minimum absolute atomic E-state index is 0.172. The third kappa shape index (κ3) is 2.47. The smallest absolute Gasteiger partial charge is 0.203 e. The number of imidazole rings is 1. The van der Waals surface area contributed by atoms with E-state index >= 15 is 0 Å². The van der Waals surface area contributed by atoms with Crippen molar-refractivity contribution in [3.8, 4) is 0 Å². The third-order valence-electron chi connectivity index (χ3n) is 4.27. The molecule has 0 aliphatic heterocycles. The van der Waals surface area contributed by atoms with Gasteiger partial charge < -0.3 is 9.13 Å². The van der Waals surface area contributed by atoms with Gasteiger partial charge in [-0.2, -0.15) is 0 Å². The van der Waals surface area contributed by atoms with Crippen LogP contribution in [0.1, 0.15) is 31.9 Å². The number of nitrogens with zero attached hydrogens (tertiary/aromatic N) is 2. The molecular formula is C19H23N3. The van der Waals surface area contributed by atoms with Gasteiger partial charge in [-0.15, -0.1) is 0 Å². The van der Waals surface area contributed by atoms with Crippen molar-refractivity contribution in [1.29, 1.82) is 5.41 Å². The highest BCUT2D eigenvalue weighted by Crippen LogP contribution is 2.22. The van der Waals surface area contributed by atoms with Crippen molar-refractivity contribution in [1.82, 2.24) is 9.13 Å². The van der Waals surface area contributed by atoms with Crippen LogP contribution in [0.5, 0.6) is 0 Å². The van der Waals surface area contributed by atoms with Crippen LogP contribution in [-0.4, -0.2) is 9.13 Å². The topological polar surface area (TPSA) is 33.7 Å². The Morgan fingerprint density at radius 1 is 0.909 bits per heavy atom. The van der Waals surface area contributed by atoms with Crippen LogP contribution in [-0.2, 0) is 19.0 Å². The van der Waals surface area contributed by atoms with Gasteiger partial charge in [0.25, 0.3) is 0 Å². The van der Waals surface area contributed by atoms with E-state index in [2.05, 4.69) is 61.7 Å². The quantitative estimate of drug-likeness (QED) is 0.745. The fraction of sp³-hybridized carbons (Fsp3) is 0.316. The molecule has 0 aliphatic rings. The molecule has 0 amide bonds. The maximum atomic E-state index is 8.34. The summed E-state index contributed by atoms with van der Waals surface area (Å²) in [7, 11) is 1.95. The Labute approximate surface area is 131 Å². The van der Waals surface area contributed by atoms with E-state index < -0.39 is 0 Å². The van der Waals surface area contributed by atoms with Crippen molar-refractivity contribution in [2.75, 3.05) is 0 Å². The molecule has 0 atom stereocenters. The molecule has 0 fully saturated rings. The highest BCUT2D eigenvalue weighted by Gasteiger charge is 2.13. The Morgan fingerprint density at radius 3 is 2.09 bits per heavy atom. The number of hydrogen-bond donors (Lipinski definition) is 1. The first-order valence-electron chi connectivity index (χ1n) is 7.66. The second-order valence-electron chi connectivity index (χ2n) is 6.90. The normalized spacial score (nSPS) is 12.0. The maximum Gasteiger partial charge on any atom is 0.203 e. The fourth-order valence-corrected chi connectivity index (χ4v) is 2.84. The molecule has 1 N–H and O–H groups in total. The summed E-state index contributed by atoms with van der Waals surface area (Å²) in [4.78, 5) is 0. The molecule has 3 nitrogen and oxygen atoms in total. The Bertz CT molecular complexity index is 858. The zero-order chi connectivity index (χ0) is 15.9. The van der Waals surface area contributed by atoms with E-state index in [0.717, 1.165) is 17.6 Å². The van der Waals surface area contributed by atoms with Gasteiger partial charge >= 0.3 is 0 Å². The van der Waals surface area contributed by atoms with Crippen LogP contribution in [0.2, 0.25) is 0 Å². The molecule has 0 saturated carbocycles. The molecule has 2 aromatic carbocycles. The lowest BCUT2D eigenvalue weighted by atomic mass is 9.87. The van der Waals surface area contributed by atoms with Gasteiger partial charge in [0.2, 0.25) is 5.62 Å². The number of aromatic nitrogens is 2.